The third-order valence-electron chi connectivity index (χ3n) is 5.41. The molecule has 5 rings (SSSR count). The van der Waals surface area contributed by atoms with Gasteiger partial charge < -0.3 is 9.88 Å². The Morgan fingerprint density at radius 1 is 0.903 bits per heavy atom. The number of fused-ring (bicyclic) bond motifs is 1. The summed E-state index contributed by atoms with van der Waals surface area (Å²) in [6.07, 6.45) is 0. The molecule has 5 nitrogen and oxygen atoms in total. The van der Waals surface area contributed by atoms with Gasteiger partial charge in [0.25, 0.3) is 5.56 Å². The van der Waals surface area contributed by atoms with Crippen molar-refractivity contribution in [1.82, 2.24) is 9.55 Å². The molecule has 1 N–H and O–H groups in total. The number of nitrogens with one attached hydrogen (secondary N) is 1. The normalized spacial score (nSPS) is 18.3. The number of rotatable bonds is 3. The molecule has 3 aromatic carbocycles. The first-order chi connectivity index (χ1) is 15.0. The molecule has 1 aliphatic heterocycles. The molecule has 1 amide bonds. The fourth-order valence-electron chi connectivity index (χ4n) is 3.91. The molecule has 2 heterocycles. The van der Waals surface area contributed by atoms with Crippen LogP contribution in [0.25, 0.3) is 16.6 Å². The lowest BCUT2D eigenvalue weighted by Gasteiger charge is -2.44. The summed E-state index contributed by atoms with van der Waals surface area (Å²) in [5.41, 5.74) is 2.64. The van der Waals surface area contributed by atoms with Crippen LogP contribution in [0.15, 0.2) is 77.6 Å². The van der Waals surface area contributed by atoms with Crippen LogP contribution < -0.4 is 10.5 Å². The van der Waals surface area contributed by atoms with Gasteiger partial charge in [-0.3, -0.25) is 14.2 Å². The quantitative estimate of drug-likeness (QED) is 0.249. The molecule has 0 aliphatic carbocycles. The first-order valence-corrected chi connectivity index (χ1v) is 10.7. The molecular formula is C23H15Cl2N3O2S. The summed E-state index contributed by atoms with van der Waals surface area (Å²) >= 11 is 17.8. The average Bonchev–Trinajstić information content (AvgIpc) is 2.77. The molecule has 2 unspecified atom stereocenters. The van der Waals surface area contributed by atoms with Crippen molar-refractivity contribution in [2.24, 2.45) is 0 Å². The number of aromatic amines is 1. The second-order valence-electron chi connectivity index (χ2n) is 7.24. The topological polar surface area (TPSA) is 58.1 Å². The Hall–Kier alpha value is -2.93. The molecule has 154 valence electrons. The third-order valence-corrected chi connectivity index (χ3v) is 6.36. The van der Waals surface area contributed by atoms with Crippen LogP contribution in [0.3, 0.4) is 0 Å². The number of benzene rings is 3. The number of hydrogen-bond donors (Lipinski definition) is 1. The predicted octanol–water partition coefficient (Wildman–Crippen LogP) is 5.40. The largest absolute Gasteiger partial charge is 0.331 e. The van der Waals surface area contributed by atoms with Crippen LogP contribution in [0, 0.1) is 4.77 Å². The number of aromatic nitrogens is 2. The van der Waals surface area contributed by atoms with Gasteiger partial charge in [-0.25, -0.2) is 0 Å². The van der Waals surface area contributed by atoms with Gasteiger partial charge in [0, 0.05) is 10.7 Å². The Bertz CT molecular complexity index is 1450. The lowest BCUT2D eigenvalue weighted by atomic mass is 9.92. The summed E-state index contributed by atoms with van der Waals surface area (Å²) in [5, 5.41) is 0.472. The van der Waals surface area contributed by atoms with Gasteiger partial charge in [-0.1, -0.05) is 35.9 Å². The summed E-state index contributed by atoms with van der Waals surface area (Å²) in [4.78, 5) is 30.2. The fourth-order valence-corrected chi connectivity index (χ4v) is 4.77. The Morgan fingerprint density at radius 3 is 2.35 bits per heavy atom. The molecule has 1 saturated heterocycles. The number of carbonyl (C=O) groups is 1. The Morgan fingerprint density at radius 2 is 1.61 bits per heavy atom. The van der Waals surface area contributed by atoms with Gasteiger partial charge >= 0.3 is 0 Å². The van der Waals surface area contributed by atoms with Crippen molar-refractivity contribution in [3.05, 3.63) is 98.5 Å². The van der Waals surface area contributed by atoms with Crippen LogP contribution >= 0.6 is 35.4 Å². The van der Waals surface area contributed by atoms with E-state index in [2.05, 4.69) is 4.98 Å². The van der Waals surface area contributed by atoms with Crippen LogP contribution in [0.5, 0.6) is 0 Å². The molecule has 31 heavy (non-hydrogen) atoms. The zero-order valence-electron chi connectivity index (χ0n) is 16.0. The van der Waals surface area contributed by atoms with Crippen molar-refractivity contribution in [3.8, 4) is 5.69 Å². The second-order valence-corrected chi connectivity index (χ2v) is 8.54. The number of amides is 1. The standard InChI is InChI=1S/C23H15Cl2N3O2S/c24-14-5-3-4-13(12-14)20-19(25)22(30)27(20)15-8-10-16(11-9-15)28-21(29)17-6-1-2-7-18(17)26-23(28)31/h1-12,19-20H,(H,26,31). The second kappa shape index (κ2) is 7.64. The van der Waals surface area contributed by atoms with Crippen molar-refractivity contribution >= 4 is 57.9 Å². The van der Waals surface area contributed by atoms with Gasteiger partial charge in [0.2, 0.25) is 5.91 Å². The van der Waals surface area contributed by atoms with Crippen LogP contribution in [-0.4, -0.2) is 20.8 Å². The van der Waals surface area contributed by atoms with Gasteiger partial charge in [0.15, 0.2) is 4.77 Å². The van der Waals surface area contributed by atoms with E-state index in [1.807, 2.05) is 36.4 Å². The van der Waals surface area contributed by atoms with Crippen molar-refractivity contribution in [1.29, 1.82) is 0 Å². The summed E-state index contributed by atoms with van der Waals surface area (Å²) in [6, 6.07) is 21.3. The number of anilines is 1. The van der Waals surface area contributed by atoms with E-state index in [1.54, 1.807) is 41.3 Å². The van der Waals surface area contributed by atoms with Gasteiger partial charge in [0.1, 0.15) is 5.38 Å². The first kappa shape index (κ1) is 20.0. The van der Waals surface area contributed by atoms with E-state index >= 15 is 0 Å². The maximum atomic E-state index is 13.0. The zero-order chi connectivity index (χ0) is 21.7. The van der Waals surface area contributed by atoms with Crippen molar-refractivity contribution < 1.29 is 4.79 Å². The molecule has 0 saturated carbocycles. The predicted molar refractivity (Wildman–Crippen MR) is 126 cm³/mol. The summed E-state index contributed by atoms with van der Waals surface area (Å²) in [7, 11) is 0. The van der Waals surface area contributed by atoms with Gasteiger partial charge in [-0.2, -0.15) is 0 Å². The highest BCUT2D eigenvalue weighted by Crippen LogP contribution is 2.42. The number of halogens is 2. The number of β-lactam (4-membered cyclic amide) rings is 1. The number of para-hydroxylation sites is 1. The monoisotopic (exact) mass is 467 g/mol. The molecule has 4 aromatic rings. The molecular weight excluding hydrogens is 453 g/mol. The highest BCUT2D eigenvalue weighted by molar-refractivity contribution is 7.71. The number of carbonyl (C=O) groups excluding carboxylic acids is 1. The molecule has 8 heteroatoms. The Balaban J connectivity index is 1.54. The van der Waals surface area contributed by atoms with E-state index < -0.39 is 5.38 Å². The highest BCUT2D eigenvalue weighted by Gasteiger charge is 2.47. The van der Waals surface area contributed by atoms with Gasteiger partial charge in [0.05, 0.1) is 22.6 Å². The van der Waals surface area contributed by atoms with E-state index in [4.69, 9.17) is 35.4 Å². The SMILES string of the molecule is O=C1C(Cl)C(c2cccc(Cl)c2)N1c1ccc(-n2c(=S)[nH]c3ccccc3c2=O)cc1. The lowest BCUT2D eigenvalue weighted by molar-refractivity contribution is -0.123. The van der Waals surface area contributed by atoms with Gasteiger partial charge in [-0.15, -0.1) is 11.6 Å². The van der Waals surface area contributed by atoms with Crippen LogP contribution in [0.1, 0.15) is 11.6 Å². The molecule has 1 aromatic heterocycles. The summed E-state index contributed by atoms with van der Waals surface area (Å²) in [6.45, 7) is 0. The maximum absolute atomic E-state index is 13.0. The summed E-state index contributed by atoms with van der Waals surface area (Å²) < 4.78 is 1.74. The van der Waals surface area contributed by atoms with E-state index in [0.717, 1.165) is 5.56 Å². The van der Waals surface area contributed by atoms with E-state index in [-0.39, 0.29) is 17.5 Å². The van der Waals surface area contributed by atoms with E-state index in [0.29, 0.717) is 32.1 Å². The number of hydrogen-bond acceptors (Lipinski definition) is 3. The molecule has 0 radical (unpaired) electrons. The van der Waals surface area contributed by atoms with E-state index in [9.17, 15) is 9.59 Å². The molecule has 0 spiro atoms. The van der Waals surface area contributed by atoms with Crippen LogP contribution in [0.2, 0.25) is 5.02 Å². The van der Waals surface area contributed by atoms with E-state index in [1.165, 1.54) is 4.57 Å². The highest BCUT2D eigenvalue weighted by atomic mass is 35.5. The van der Waals surface area contributed by atoms with Crippen LogP contribution in [0.4, 0.5) is 5.69 Å². The van der Waals surface area contributed by atoms with Crippen LogP contribution in [-0.2, 0) is 4.79 Å². The van der Waals surface area contributed by atoms with Crippen molar-refractivity contribution in [3.63, 3.8) is 0 Å². The Labute approximate surface area is 192 Å². The lowest BCUT2D eigenvalue weighted by Crippen LogP contribution is -2.56. The molecule has 0 bridgehead atoms. The first-order valence-electron chi connectivity index (χ1n) is 9.53. The number of nitrogens with zero attached hydrogens (tertiary/aromatic N) is 2. The smallest absolute Gasteiger partial charge is 0.266 e. The average molecular weight is 468 g/mol. The maximum Gasteiger partial charge on any atom is 0.266 e. The summed E-state index contributed by atoms with van der Waals surface area (Å²) in [5.74, 6) is -0.181. The Kier molecular flexibility index (Phi) is 4.93. The molecule has 1 fully saturated rings. The van der Waals surface area contributed by atoms with Crippen molar-refractivity contribution in [2.75, 3.05) is 4.90 Å². The van der Waals surface area contributed by atoms with Crippen molar-refractivity contribution in [2.45, 2.75) is 11.4 Å². The minimum Gasteiger partial charge on any atom is -0.331 e. The molecule has 1 aliphatic rings. The fraction of sp³-hybridized carbons (Fsp3) is 0.0870. The van der Waals surface area contributed by atoms with Gasteiger partial charge in [-0.05, 0) is 66.3 Å². The minimum absolute atomic E-state index is 0.181. The number of alkyl halides is 1. The number of H-pyrrole nitrogens is 1. The minimum atomic E-state index is -0.657. The third kappa shape index (κ3) is 3.28. The zero-order valence-corrected chi connectivity index (χ0v) is 18.3. The molecule has 2 atom stereocenters.